The third-order valence-electron chi connectivity index (χ3n) is 2.77. The topological polar surface area (TPSA) is 84.5 Å². The number of benzene rings is 1. The first-order valence-corrected chi connectivity index (χ1v) is 6.94. The van der Waals surface area contributed by atoms with Gasteiger partial charge in [0.2, 0.25) is 5.91 Å². The summed E-state index contributed by atoms with van der Waals surface area (Å²) in [7, 11) is 1.62. The van der Waals surface area contributed by atoms with Crippen LogP contribution in [-0.2, 0) is 14.3 Å². The van der Waals surface area contributed by atoms with Crippen molar-refractivity contribution >= 4 is 24.2 Å². The highest BCUT2D eigenvalue weighted by atomic mass is 16.5. The molecule has 0 heterocycles. The lowest BCUT2D eigenvalue weighted by Crippen LogP contribution is -2.25. The maximum atomic E-state index is 11.8. The van der Waals surface area contributed by atoms with E-state index in [0.29, 0.717) is 25.0 Å². The third-order valence-corrected chi connectivity index (χ3v) is 2.77. The van der Waals surface area contributed by atoms with E-state index in [1.807, 2.05) is 0 Å². The number of methoxy groups -OCH3 is 1. The van der Waals surface area contributed by atoms with Crippen LogP contribution in [0.2, 0.25) is 0 Å². The molecule has 0 fully saturated rings. The molecule has 0 aliphatic heterocycles. The molecule has 0 saturated heterocycles. The first-order chi connectivity index (χ1) is 10.7. The lowest BCUT2D eigenvalue weighted by molar-refractivity contribution is -0.118. The number of aldehydes is 1. The Hall–Kier alpha value is -2.47. The van der Waals surface area contributed by atoms with Crippen molar-refractivity contribution in [2.45, 2.75) is 6.42 Å². The van der Waals surface area contributed by atoms with E-state index >= 15 is 0 Å². The van der Waals surface area contributed by atoms with Crippen LogP contribution in [-0.4, -0.2) is 44.9 Å². The molecule has 6 heteroatoms. The molecule has 0 bridgehead atoms. The minimum absolute atomic E-state index is 0.00858. The summed E-state index contributed by atoms with van der Waals surface area (Å²) in [6.07, 6.45) is 4.33. The number of carbonyl (C=O) groups is 3. The number of amides is 2. The molecule has 0 saturated carbocycles. The van der Waals surface area contributed by atoms with Crippen LogP contribution in [0.5, 0.6) is 0 Å². The van der Waals surface area contributed by atoms with E-state index < -0.39 is 0 Å². The van der Waals surface area contributed by atoms with Crippen LogP contribution >= 0.6 is 0 Å². The van der Waals surface area contributed by atoms with Crippen LogP contribution in [0.15, 0.2) is 30.3 Å². The van der Waals surface area contributed by atoms with Crippen LogP contribution in [0.3, 0.4) is 0 Å². The zero-order valence-electron chi connectivity index (χ0n) is 12.5. The summed E-state index contributed by atoms with van der Waals surface area (Å²) in [6.45, 7) is 1.16. The van der Waals surface area contributed by atoms with Gasteiger partial charge in [0.15, 0.2) is 0 Å². The Bertz CT molecular complexity index is 523. The van der Waals surface area contributed by atoms with Crippen molar-refractivity contribution in [1.29, 1.82) is 0 Å². The first-order valence-electron chi connectivity index (χ1n) is 6.94. The van der Waals surface area contributed by atoms with Gasteiger partial charge in [-0.05, 0) is 30.2 Å². The Kier molecular flexibility index (Phi) is 8.22. The van der Waals surface area contributed by atoms with Gasteiger partial charge in [0.1, 0.15) is 6.29 Å². The van der Waals surface area contributed by atoms with Crippen molar-refractivity contribution in [2.24, 2.45) is 0 Å². The molecule has 2 amide bonds. The molecular formula is C16H20N2O4. The highest BCUT2D eigenvalue weighted by Gasteiger charge is 2.03. The largest absolute Gasteiger partial charge is 0.385 e. The van der Waals surface area contributed by atoms with Crippen LogP contribution in [0.1, 0.15) is 22.3 Å². The summed E-state index contributed by atoms with van der Waals surface area (Å²) in [4.78, 5) is 33.2. The molecule has 2 N–H and O–H groups in total. The fourth-order valence-corrected chi connectivity index (χ4v) is 1.64. The van der Waals surface area contributed by atoms with Gasteiger partial charge in [-0.25, -0.2) is 0 Å². The van der Waals surface area contributed by atoms with Gasteiger partial charge in [0, 0.05) is 31.9 Å². The molecule has 0 atom stereocenters. The van der Waals surface area contributed by atoms with Gasteiger partial charge in [-0.3, -0.25) is 9.59 Å². The van der Waals surface area contributed by atoms with E-state index in [0.717, 1.165) is 12.0 Å². The van der Waals surface area contributed by atoms with E-state index in [4.69, 9.17) is 4.74 Å². The smallest absolute Gasteiger partial charge is 0.251 e. The van der Waals surface area contributed by atoms with Gasteiger partial charge < -0.3 is 20.2 Å². The number of carbonyl (C=O) groups excluding carboxylic acids is 3. The molecule has 1 aromatic rings. The Balaban J connectivity index is 2.48. The number of hydrogen-bond acceptors (Lipinski definition) is 4. The quantitative estimate of drug-likeness (QED) is 0.401. The van der Waals surface area contributed by atoms with Crippen LogP contribution in [0.4, 0.5) is 0 Å². The average molecular weight is 304 g/mol. The molecular weight excluding hydrogens is 284 g/mol. The van der Waals surface area contributed by atoms with Crippen molar-refractivity contribution in [3.8, 4) is 0 Å². The predicted octanol–water partition coefficient (Wildman–Crippen LogP) is 0.781. The first kappa shape index (κ1) is 17.6. The fourth-order valence-electron chi connectivity index (χ4n) is 1.64. The lowest BCUT2D eigenvalue weighted by atomic mass is 10.1. The van der Waals surface area contributed by atoms with Crippen LogP contribution < -0.4 is 10.6 Å². The molecule has 22 heavy (non-hydrogen) atoms. The van der Waals surface area contributed by atoms with Gasteiger partial charge in [-0.15, -0.1) is 0 Å². The second-order valence-electron chi connectivity index (χ2n) is 4.47. The summed E-state index contributed by atoms with van der Waals surface area (Å²) in [5.41, 5.74) is 1.34. The molecule has 0 aliphatic carbocycles. The lowest BCUT2D eigenvalue weighted by Gasteiger charge is -2.05. The summed E-state index contributed by atoms with van der Waals surface area (Å²) in [6, 6.07) is 6.87. The van der Waals surface area contributed by atoms with Crippen LogP contribution in [0, 0.1) is 0 Å². The Morgan fingerprint density at radius 3 is 2.55 bits per heavy atom. The van der Waals surface area contributed by atoms with Gasteiger partial charge in [0.25, 0.3) is 5.91 Å². The normalized spacial score (nSPS) is 10.4. The SMILES string of the molecule is COCCCNC(=O)c1ccc(C=CC(=O)NCC=O)cc1. The maximum Gasteiger partial charge on any atom is 0.251 e. The number of hydrogen-bond donors (Lipinski definition) is 2. The second-order valence-corrected chi connectivity index (χ2v) is 4.47. The van der Waals surface area contributed by atoms with Crippen molar-refractivity contribution in [1.82, 2.24) is 10.6 Å². The van der Waals surface area contributed by atoms with Crippen molar-refractivity contribution in [3.05, 3.63) is 41.5 Å². The monoisotopic (exact) mass is 304 g/mol. The highest BCUT2D eigenvalue weighted by molar-refractivity contribution is 5.95. The van der Waals surface area contributed by atoms with Gasteiger partial charge in [-0.1, -0.05) is 12.1 Å². The molecule has 0 spiro atoms. The Morgan fingerprint density at radius 2 is 1.91 bits per heavy atom. The number of ether oxygens (including phenoxy) is 1. The summed E-state index contributed by atoms with van der Waals surface area (Å²) in [5.74, 6) is -0.484. The number of nitrogens with one attached hydrogen (secondary N) is 2. The molecule has 6 nitrogen and oxygen atoms in total. The molecule has 0 unspecified atom stereocenters. The summed E-state index contributed by atoms with van der Waals surface area (Å²) >= 11 is 0. The average Bonchev–Trinajstić information content (AvgIpc) is 2.55. The van der Waals surface area contributed by atoms with Crippen molar-refractivity contribution in [3.63, 3.8) is 0 Å². The molecule has 118 valence electrons. The maximum absolute atomic E-state index is 11.8. The third kappa shape index (κ3) is 6.81. The summed E-state index contributed by atoms with van der Waals surface area (Å²) in [5, 5.41) is 5.19. The minimum atomic E-state index is -0.341. The Morgan fingerprint density at radius 1 is 1.18 bits per heavy atom. The van der Waals surface area contributed by atoms with Crippen molar-refractivity contribution < 1.29 is 19.1 Å². The zero-order chi connectivity index (χ0) is 16.2. The summed E-state index contributed by atoms with van der Waals surface area (Å²) < 4.78 is 4.90. The standard InChI is InChI=1S/C16H20N2O4/c1-22-12-2-9-18-16(21)14-6-3-13(4-7-14)5-8-15(20)17-10-11-19/h3-8,11H,2,9-10,12H2,1H3,(H,17,20)(H,18,21). The minimum Gasteiger partial charge on any atom is -0.385 e. The van der Waals surface area contributed by atoms with Gasteiger partial charge in [0.05, 0.1) is 6.54 Å². The number of rotatable bonds is 9. The van der Waals surface area contributed by atoms with E-state index in [1.165, 1.54) is 6.08 Å². The van der Waals surface area contributed by atoms with E-state index in [2.05, 4.69) is 10.6 Å². The second kappa shape index (κ2) is 10.3. The Labute approximate surface area is 129 Å². The van der Waals surface area contributed by atoms with E-state index in [9.17, 15) is 14.4 Å². The zero-order valence-corrected chi connectivity index (χ0v) is 12.5. The molecule has 1 aromatic carbocycles. The van der Waals surface area contributed by atoms with E-state index in [1.54, 1.807) is 37.5 Å². The van der Waals surface area contributed by atoms with Crippen LogP contribution in [0.25, 0.3) is 6.08 Å². The molecule has 0 aliphatic rings. The predicted molar refractivity (Wildman–Crippen MR) is 83.4 cm³/mol. The molecule has 0 radical (unpaired) electrons. The highest BCUT2D eigenvalue weighted by Crippen LogP contribution is 2.06. The van der Waals surface area contributed by atoms with Gasteiger partial charge in [-0.2, -0.15) is 0 Å². The fraction of sp³-hybridized carbons (Fsp3) is 0.312. The van der Waals surface area contributed by atoms with Gasteiger partial charge >= 0.3 is 0 Å². The van der Waals surface area contributed by atoms with E-state index in [-0.39, 0.29) is 18.4 Å². The van der Waals surface area contributed by atoms with Crippen molar-refractivity contribution in [2.75, 3.05) is 26.8 Å². The molecule has 0 aromatic heterocycles. The molecule has 1 rings (SSSR count).